The standard InChI is InChI=1S/C13H20N2O3S/c1-10(2)19(17,18)12-6-4-11(5-7-12)13(16)15-9-8-14-3/h4-7,10,14H,8-9H2,1-3H3,(H,15,16). The molecule has 1 rings (SSSR count). The van der Waals surface area contributed by atoms with E-state index in [2.05, 4.69) is 10.6 Å². The van der Waals surface area contributed by atoms with Gasteiger partial charge in [-0.15, -0.1) is 0 Å². The van der Waals surface area contributed by atoms with Gasteiger partial charge < -0.3 is 10.6 Å². The molecule has 0 fully saturated rings. The maximum Gasteiger partial charge on any atom is 0.251 e. The van der Waals surface area contributed by atoms with Gasteiger partial charge in [-0.2, -0.15) is 0 Å². The molecule has 0 spiro atoms. The molecule has 5 nitrogen and oxygen atoms in total. The first-order valence-corrected chi connectivity index (χ1v) is 7.71. The smallest absolute Gasteiger partial charge is 0.251 e. The van der Waals surface area contributed by atoms with E-state index >= 15 is 0 Å². The highest BCUT2D eigenvalue weighted by Gasteiger charge is 2.19. The Labute approximate surface area is 114 Å². The minimum absolute atomic E-state index is 0.205. The van der Waals surface area contributed by atoms with E-state index in [0.29, 0.717) is 18.7 Å². The molecule has 0 aliphatic rings. The van der Waals surface area contributed by atoms with Crippen molar-refractivity contribution in [1.29, 1.82) is 0 Å². The third kappa shape index (κ3) is 4.04. The van der Waals surface area contributed by atoms with Crippen molar-refractivity contribution in [3.8, 4) is 0 Å². The van der Waals surface area contributed by atoms with Gasteiger partial charge in [0.2, 0.25) is 0 Å². The van der Waals surface area contributed by atoms with Crippen molar-refractivity contribution in [2.75, 3.05) is 20.1 Å². The van der Waals surface area contributed by atoms with Crippen LogP contribution in [0, 0.1) is 0 Å². The van der Waals surface area contributed by atoms with Crippen LogP contribution in [0.5, 0.6) is 0 Å². The molecule has 0 saturated carbocycles. The van der Waals surface area contributed by atoms with Crippen LogP contribution in [-0.4, -0.2) is 39.7 Å². The van der Waals surface area contributed by atoms with E-state index in [9.17, 15) is 13.2 Å². The zero-order valence-electron chi connectivity index (χ0n) is 11.4. The number of benzene rings is 1. The maximum atomic E-state index is 11.9. The van der Waals surface area contributed by atoms with Crippen molar-refractivity contribution >= 4 is 15.7 Å². The molecule has 106 valence electrons. The molecule has 19 heavy (non-hydrogen) atoms. The van der Waals surface area contributed by atoms with Crippen molar-refractivity contribution in [2.24, 2.45) is 0 Å². The molecule has 2 N–H and O–H groups in total. The molecule has 0 aliphatic carbocycles. The summed E-state index contributed by atoms with van der Waals surface area (Å²) in [6, 6.07) is 6.01. The molecule has 0 atom stereocenters. The molecular weight excluding hydrogens is 264 g/mol. The Kier molecular flexibility index (Phi) is 5.50. The fourth-order valence-corrected chi connectivity index (χ4v) is 2.53. The molecular formula is C13H20N2O3S. The van der Waals surface area contributed by atoms with Crippen LogP contribution < -0.4 is 10.6 Å². The van der Waals surface area contributed by atoms with Crippen LogP contribution in [-0.2, 0) is 9.84 Å². The first kappa shape index (κ1) is 15.7. The van der Waals surface area contributed by atoms with E-state index in [-0.39, 0.29) is 10.8 Å². The largest absolute Gasteiger partial charge is 0.351 e. The Hall–Kier alpha value is -1.40. The lowest BCUT2D eigenvalue weighted by Gasteiger charge is -2.09. The Morgan fingerprint density at radius 1 is 1.16 bits per heavy atom. The number of likely N-dealkylation sites (N-methyl/N-ethyl adjacent to an activating group) is 1. The van der Waals surface area contributed by atoms with E-state index < -0.39 is 15.1 Å². The highest BCUT2D eigenvalue weighted by Crippen LogP contribution is 2.16. The summed E-state index contributed by atoms with van der Waals surface area (Å²) >= 11 is 0. The van der Waals surface area contributed by atoms with E-state index in [1.54, 1.807) is 20.9 Å². The average molecular weight is 284 g/mol. The Morgan fingerprint density at radius 3 is 2.21 bits per heavy atom. The van der Waals surface area contributed by atoms with Gasteiger partial charge in [-0.3, -0.25) is 4.79 Å². The van der Waals surface area contributed by atoms with E-state index in [1.807, 2.05) is 0 Å². The van der Waals surface area contributed by atoms with Crippen LogP contribution in [0.2, 0.25) is 0 Å². The van der Waals surface area contributed by atoms with Crippen LogP contribution >= 0.6 is 0 Å². The third-order valence-electron chi connectivity index (χ3n) is 2.73. The van der Waals surface area contributed by atoms with E-state index in [1.165, 1.54) is 24.3 Å². The molecule has 0 aliphatic heterocycles. The van der Waals surface area contributed by atoms with Gasteiger partial charge in [-0.25, -0.2) is 8.42 Å². The topological polar surface area (TPSA) is 75.3 Å². The molecule has 1 aromatic carbocycles. The van der Waals surface area contributed by atoms with Gasteiger partial charge in [-0.1, -0.05) is 0 Å². The SMILES string of the molecule is CNCCNC(=O)c1ccc(S(=O)(=O)C(C)C)cc1. The van der Waals surface area contributed by atoms with Gasteiger partial charge in [0.05, 0.1) is 10.1 Å². The fourth-order valence-electron chi connectivity index (χ4n) is 1.47. The molecule has 0 unspecified atom stereocenters. The summed E-state index contributed by atoms with van der Waals surface area (Å²) in [6.45, 7) is 4.48. The molecule has 0 aromatic heterocycles. The van der Waals surface area contributed by atoms with Crippen LogP contribution in [0.1, 0.15) is 24.2 Å². The van der Waals surface area contributed by atoms with E-state index in [4.69, 9.17) is 0 Å². The molecule has 0 saturated heterocycles. The molecule has 0 heterocycles. The number of nitrogens with one attached hydrogen (secondary N) is 2. The number of carbonyl (C=O) groups is 1. The number of sulfone groups is 1. The lowest BCUT2D eigenvalue weighted by Crippen LogP contribution is -2.30. The van der Waals surface area contributed by atoms with E-state index in [0.717, 1.165) is 0 Å². The van der Waals surface area contributed by atoms with Gasteiger partial charge in [0, 0.05) is 18.7 Å². The zero-order valence-corrected chi connectivity index (χ0v) is 12.3. The van der Waals surface area contributed by atoms with Crippen LogP contribution in [0.25, 0.3) is 0 Å². The second-order valence-electron chi connectivity index (χ2n) is 4.48. The molecule has 0 radical (unpaired) electrons. The highest BCUT2D eigenvalue weighted by atomic mass is 32.2. The lowest BCUT2D eigenvalue weighted by atomic mass is 10.2. The average Bonchev–Trinajstić information content (AvgIpc) is 2.39. The second kappa shape index (κ2) is 6.68. The second-order valence-corrected chi connectivity index (χ2v) is 6.98. The number of amides is 1. The summed E-state index contributed by atoms with van der Waals surface area (Å²) in [5.74, 6) is -0.205. The third-order valence-corrected chi connectivity index (χ3v) is 4.90. The Morgan fingerprint density at radius 2 is 1.74 bits per heavy atom. The number of hydrogen-bond donors (Lipinski definition) is 2. The van der Waals surface area contributed by atoms with Crippen molar-refractivity contribution in [2.45, 2.75) is 24.0 Å². The summed E-state index contributed by atoms with van der Waals surface area (Å²) < 4.78 is 23.8. The molecule has 1 amide bonds. The van der Waals surface area contributed by atoms with Gasteiger partial charge in [0.15, 0.2) is 9.84 Å². The predicted molar refractivity (Wildman–Crippen MR) is 75.0 cm³/mol. The fraction of sp³-hybridized carbons (Fsp3) is 0.462. The minimum atomic E-state index is -3.28. The lowest BCUT2D eigenvalue weighted by molar-refractivity contribution is 0.0954. The van der Waals surface area contributed by atoms with Crippen molar-refractivity contribution in [3.63, 3.8) is 0 Å². The molecule has 6 heteroatoms. The number of carbonyl (C=O) groups excluding carboxylic acids is 1. The first-order valence-electron chi connectivity index (χ1n) is 6.16. The zero-order chi connectivity index (χ0) is 14.5. The van der Waals surface area contributed by atoms with Crippen LogP contribution in [0.15, 0.2) is 29.2 Å². The maximum absolute atomic E-state index is 11.9. The van der Waals surface area contributed by atoms with Gasteiger partial charge in [0.1, 0.15) is 0 Å². The summed E-state index contributed by atoms with van der Waals surface area (Å²) in [6.07, 6.45) is 0. The highest BCUT2D eigenvalue weighted by molar-refractivity contribution is 7.92. The summed E-state index contributed by atoms with van der Waals surface area (Å²) in [5, 5.41) is 5.18. The normalized spacial score (nSPS) is 11.6. The van der Waals surface area contributed by atoms with Gasteiger partial charge in [-0.05, 0) is 45.2 Å². The van der Waals surface area contributed by atoms with Crippen LogP contribution in [0.4, 0.5) is 0 Å². The first-order chi connectivity index (χ1) is 8.89. The van der Waals surface area contributed by atoms with Crippen molar-refractivity contribution in [3.05, 3.63) is 29.8 Å². The molecule has 1 aromatic rings. The minimum Gasteiger partial charge on any atom is -0.351 e. The quantitative estimate of drug-likeness (QED) is 0.758. The van der Waals surface area contributed by atoms with Gasteiger partial charge >= 0.3 is 0 Å². The Bertz CT molecular complexity index is 521. The van der Waals surface area contributed by atoms with Crippen molar-refractivity contribution in [1.82, 2.24) is 10.6 Å². The summed E-state index contributed by atoms with van der Waals surface area (Å²) in [5.41, 5.74) is 0.457. The van der Waals surface area contributed by atoms with Crippen LogP contribution in [0.3, 0.4) is 0 Å². The van der Waals surface area contributed by atoms with Gasteiger partial charge in [0.25, 0.3) is 5.91 Å². The predicted octanol–water partition coefficient (Wildman–Crippen LogP) is 0.818. The van der Waals surface area contributed by atoms with Crippen molar-refractivity contribution < 1.29 is 13.2 Å². The Balaban J connectivity index is 2.80. The number of rotatable bonds is 6. The molecule has 0 bridgehead atoms. The summed E-state index contributed by atoms with van der Waals surface area (Å²) in [7, 11) is -1.48. The summed E-state index contributed by atoms with van der Waals surface area (Å²) in [4.78, 5) is 12.0. The monoisotopic (exact) mass is 284 g/mol. The number of hydrogen-bond acceptors (Lipinski definition) is 4.